The molecule has 19 heavy (non-hydrogen) atoms. The molecule has 0 aliphatic carbocycles. The molecule has 1 aromatic carbocycles. The lowest BCUT2D eigenvalue weighted by Gasteiger charge is -2.22. The van der Waals surface area contributed by atoms with E-state index in [1.807, 2.05) is 30.3 Å². The molecule has 0 saturated heterocycles. The van der Waals surface area contributed by atoms with E-state index in [0.29, 0.717) is 17.1 Å². The molecule has 1 atom stereocenters. The van der Waals surface area contributed by atoms with Gasteiger partial charge in [-0.25, -0.2) is 9.78 Å². The number of aromatic nitrogens is 1. The second-order valence-corrected chi connectivity index (χ2v) is 5.73. The van der Waals surface area contributed by atoms with Gasteiger partial charge < -0.3 is 10.2 Å². The van der Waals surface area contributed by atoms with Crippen molar-refractivity contribution in [3.05, 3.63) is 51.5 Å². The van der Waals surface area contributed by atoms with Crippen molar-refractivity contribution >= 4 is 17.3 Å². The van der Waals surface area contributed by atoms with E-state index in [2.05, 4.69) is 4.98 Å². The van der Waals surface area contributed by atoms with Gasteiger partial charge in [-0.15, -0.1) is 11.3 Å². The molecule has 1 unspecified atom stereocenters. The first-order valence-electron chi connectivity index (χ1n) is 5.87. The van der Waals surface area contributed by atoms with Gasteiger partial charge in [0, 0.05) is 6.42 Å². The third-order valence-corrected chi connectivity index (χ3v) is 4.07. The van der Waals surface area contributed by atoms with Gasteiger partial charge in [0.05, 0.1) is 16.3 Å². The smallest absolute Gasteiger partial charge is 0.347 e. The third kappa shape index (κ3) is 3.00. The molecule has 2 N–H and O–H groups in total. The molecular weight excluding hydrogens is 262 g/mol. The summed E-state index contributed by atoms with van der Waals surface area (Å²) in [4.78, 5) is 15.4. The third-order valence-electron chi connectivity index (χ3n) is 2.93. The summed E-state index contributed by atoms with van der Waals surface area (Å²) in [6.07, 6.45) is 0.301. The van der Waals surface area contributed by atoms with Crippen LogP contribution in [-0.2, 0) is 12.0 Å². The fraction of sp³-hybridized carbons (Fsp3) is 0.286. The fourth-order valence-electron chi connectivity index (χ4n) is 1.92. The number of carboxylic acids is 1. The molecular formula is C14H15NO3S. The number of hydrogen-bond donors (Lipinski definition) is 2. The van der Waals surface area contributed by atoms with Crippen LogP contribution in [0.3, 0.4) is 0 Å². The Hall–Kier alpha value is -1.72. The average Bonchev–Trinajstić information content (AvgIpc) is 2.71. The van der Waals surface area contributed by atoms with E-state index >= 15 is 0 Å². The molecule has 100 valence electrons. The molecule has 5 heteroatoms. The minimum atomic E-state index is -1.05. The van der Waals surface area contributed by atoms with Crippen LogP contribution < -0.4 is 0 Å². The number of benzene rings is 1. The maximum atomic E-state index is 11.0. The first-order chi connectivity index (χ1) is 8.90. The van der Waals surface area contributed by atoms with Crippen molar-refractivity contribution in [2.45, 2.75) is 25.9 Å². The van der Waals surface area contributed by atoms with Gasteiger partial charge in [-0.2, -0.15) is 0 Å². The summed E-state index contributed by atoms with van der Waals surface area (Å²) in [5, 5.41) is 20.1. The highest BCUT2D eigenvalue weighted by Crippen LogP contribution is 2.28. The maximum Gasteiger partial charge on any atom is 0.347 e. The largest absolute Gasteiger partial charge is 0.477 e. The highest BCUT2D eigenvalue weighted by molar-refractivity contribution is 7.13. The van der Waals surface area contributed by atoms with Crippen molar-refractivity contribution in [2.24, 2.45) is 0 Å². The predicted octanol–water partition coefficient (Wildman–Crippen LogP) is 2.60. The van der Waals surface area contributed by atoms with Gasteiger partial charge in [0.2, 0.25) is 0 Å². The second-order valence-electron chi connectivity index (χ2n) is 4.64. The van der Waals surface area contributed by atoms with Gasteiger partial charge in [0.15, 0.2) is 0 Å². The van der Waals surface area contributed by atoms with Crippen molar-refractivity contribution in [3.63, 3.8) is 0 Å². The maximum absolute atomic E-state index is 11.0. The summed E-state index contributed by atoms with van der Waals surface area (Å²) in [6.45, 7) is 3.38. The molecule has 2 rings (SSSR count). The molecule has 0 fully saturated rings. The molecule has 0 radical (unpaired) electrons. The number of nitrogens with zero attached hydrogens (tertiary/aromatic N) is 1. The van der Waals surface area contributed by atoms with Crippen LogP contribution in [0.5, 0.6) is 0 Å². The van der Waals surface area contributed by atoms with Crippen molar-refractivity contribution < 1.29 is 15.0 Å². The summed E-state index contributed by atoms with van der Waals surface area (Å²) in [6, 6.07) is 9.30. The lowest BCUT2D eigenvalue weighted by Crippen LogP contribution is -2.24. The SMILES string of the molecule is Cc1nc(CC(C)(O)c2ccccc2)sc1C(=O)O. The Bertz CT molecular complexity index is 590. The molecule has 1 aromatic heterocycles. The first kappa shape index (κ1) is 13.7. The Labute approximate surface area is 115 Å². The minimum Gasteiger partial charge on any atom is -0.477 e. The summed E-state index contributed by atoms with van der Waals surface area (Å²) in [5.74, 6) is -0.972. The number of rotatable bonds is 4. The van der Waals surface area contributed by atoms with Crippen LogP contribution in [0.4, 0.5) is 0 Å². The lowest BCUT2D eigenvalue weighted by molar-refractivity contribution is 0.0575. The van der Waals surface area contributed by atoms with E-state index in [1.165, 1.54) is 0 Å². The lowest BCUT2D eigenvalue weighted by atomic mass is 9.93. The minimum absolute atomic E-state index is 0.235. The van der Waals surface area contributed by atoms with Gasteiger partial charge in [-0.05, 0) is 19.4 Å². The van der Waals surface area contributed by atoms with Gasteiger partial charge in [0.25, 0.3) is 0 Å². The van der Waals surface area contributed by atoms with Crippen LogP contribution in [0.1, 0.15) is 32.9 Å². The molecule has 0 aliphatic heterocycles. The Morgan fingerprint density at radius 1 is 1.37 bits per heavy atom. The zero-order valence-corrected chi connectivity index (χ0v) is 11.6. The van der Waals surface area contributed by atoms with Crippen LogP contribution >= 0.6 is 11.3 Å². The van der Waals surface area contributed by atoms with Crippen molar-refractivity contribution in [3.8, 4) is 0 Å². The molecule has 0 aliphatic rings. The van der Waals surface area contributed by atoms with Crippen LogP contribution in [0.25, 0.3) is 0 Å². The molecule has 0 bridgehead atoms. The molecule has 0 amide bonds. The van der Waals surface area contributed by atoms with E-state index in [-0.39, 0.29) is 4.88 Å². The van der Waals surface area contributed by atoms with E-state index in [1.54, 1.807) is 13.8 Å². The number of hydrogen-bond acceptors (Lipinski definition) is 4. The molecule has 0 saturated carbocycles. The first-order valence-corrected chi connectivity index (χ1v) is 6.69. The predicted molar refractivity (Wildman–Crippen MR) is 73.5 cm³/mol. The van der Waals surface area contributed by atoms with Crippen molar-refractivity contribution in [2.75, 3.05) is 0 Å². The second kappa shape index (κ2) is 5.11. The highest BCUT2D eigenvalue weighted by atomic mass is 32.1. The van der Waals surface area contributed by atoms with E-state index < -0.39 is 11.6 Å². The Morgan fingerprint density at radius 3 is 2.53 bits per heavy atom. The average molecular weight is 277 g/mol. The number of carbonyl (C=O) groups is 1. The van der Waals surface area contributed by atoms with Crippen LogP contribution in [-0.4, -0.2) is 21.2 Å². The van der Waals surface area contributed by atoms with Crippen molar-refractivity contribution in [1.82, 2.24) is 4.98 Å². The normalized spacial score (nSPS) is 14.1. The van der Waals surface area contributed by atoms with E-state index in [4.69, 9.17) is 5.11 Å². The Balaban J connectivity index is 2.26. The Morgan fingerprint density at radius 2 is 2.00 bits per heavy atom. The summed E-state index contributed by atoms with van der Waals surface area (Å²) >= 11 is 1.12. The zero-order chi connectivity index (χ0) is 14.0. The quantitative estimate of drug-likeness (QED) is 0.901. The molecule has 1 heterocycles. The Kier molecular flexibility index (Phi) is 3.68. The number of aromatic carboxylic acids is 1. The number of aryl methyl sites for hydroxylation is 1. The summed E-state index contributed by atoms with van der Waals surface area (Å²) < 4.78 is 0. The highest BCUT2D eigenvalue weighted by Gasteiger charge is 2.26. The summed E-state index contributed by atoms with van der Waals surface area (Å²) in [5.41, 5.74) is 0.234. The van der Waals surface area contributed by atoms with Gasteiger partial charge in [-0.3, -0.25) is 0 Å². The van der Waals surface area contributed by atoms with Crippen molar-refractivity contribution in [1.29, 1.82) is 0 Å². The summed E-state index contributed by atoms with van der Waals surface area (Å²) in [7, 11) is 0. The van der Waals surface area contributed by atoms with E-state index in [0.717, 1.165) is 16.9 Å². The standard InChI is InChI=1S/C14H15NO3S/c1-9-12(13(16)17)19-11(15-9)8-14(2,18)10-6-4-3-5-7-10/h3-7,18H,8H2,1-2H3,(H,16,17). The fourth-order valence-corrected chi connectivity index (χ4v) is 2.97. The van der Waals surface area contributed by atoms with Gasteiger partial charge in [-0.1, -0.05) is 30.3 Å². The van der Waals surface area contributed by atoms with Crippen LogP contribution in [0, 0.1) is 6.92 Å². The number of thiazole rings is 1. The number of aliphatic hydroxyl groups is 1. The topological polar surface area (TPSA) is 70.4 Å². The molecule has 4 nitrogen and oxygen atoms in total. The van der Waals surface area contributed by atoms with Crippen LogP contribution in [0.2, 0.25) is 0 Å². The molecule has 0 spiro atoms. The van der Waals surface area contributed by atoms with Gasteiger partial charge in [0.1, 0.15) is 4.88 Å². The van der Waals surface area contributed by atoms with Crippen LogP contribution in [0.15, 0.2) is 30.3 Å². The number of carboxylic acid groups (broad SMARTS) is 1. The van der Waals surface area contributed by atoms with Gasteiger partial charge >= 0.3 is 5.97 Å². The monoisotopic (exact) mass is 277 g/mol. The van der Waals surface area contributed by atoms with E-state index in [9.17, 15) is 9.90 Å². The molecule has 2 aromatic rings. The zero-order valence-electron chi connectivity index (χ0n) is 10.8.